The topological polar surface area (TPSA) is 46.3 Å². The van der Waals surface area contributed by atoms with Crippen LogP contribution in [0, 0.1) is 0 Å². The molecule has 1 fully saturated rings. The fourth-order valence-corrected chi connectivity index (χ4v) is 5.28. The molecule has 0 spiro atoms. The Morgan fingerprint density at radius 2 is 1.65 bits per heavy atom. The maximum Gasteiger partial charge on any atom is 0.232 e. The molecule has 8 heteroatoms. The van der Waals surface area contributed by atoms with Crippen LogP contribution in [0.4, 0.5) is 5.69 Å². The number of para-hydroxylation sites is 1. The third-order valence-electron chi connectivity index (χ3n) is 5.96. The van der Waals surface area contributed by atoms with Gasteiger partial charge in [-0.3, -0.25) is 4.79 Å². The van der Waals surface area contributed by atoms with E-state index >= 15 is 0 Å². The summed E-state index contributed by atoms with van der Waals surface area (Å²) in [4.78, 5) is 17.1. The van der Waals surface area contributed by atoms with Crippen molar-refractivity contribution in [3.63, 3.8) is 0 Å². The SMILES string of the molecule is O=C(CSCc1cnn(-c2ccccc2)c1-n1cccc1)N1CCN(c2cccc(Cl)c2)CC1. The van der Waals surface area contributed by atoms with Crippen LogP contribution in [0.5, 0.6) is 0 Å². The summed E-state index contributed by atoms with van der Waals surface area (Å²) in [6.45, 7) is 3.09. The first-order chi connectivity index (χ1) is 16.7. The minimum Gasteiger partial charge on any atom is -0.368 e. The number of hydrogen-bond acceptors (Lipinski definition) is 4. The molecule has 0 radical (unpaired) electrons. The number of nitrogens with zero attached hydrogens (tertiary/aromatic N) is 5. The third kappa shape index (κ3) is 5.00. The summed E-state index contributed by atoms with van der Waals surface area (Å²) in [5.74, 6) is 2.37. The molecule has 34 heavy (non-hydrogen) atoms. The van der Waals surface area contributed by atoms with Crippen molar-refractivity contribution in [1.82, 2.24) is 19.2 Å². The lowest BCUT2D eigenvalue weighted by molar-refractivity contribution is -0.128. The highest BCUT2D eigenvalue weighted by Crippen LogP contribution is 2.25. The first kappa shape index (κ1) is 22.6. The van der Waals surface area contributed by atoms with Crippen molar-refractivity contribution in [1.29, 1.82) is 0 Å². The molecule has 0 saturated carbocycles. The van der Waals surface area contributed by atoms with Crippen LogP contribution >= 0.6 is 23.4 Å². The summed E-state index contributed by atoms with van der Waals surface area (Å²) in [7, 11) is 0. The van der Waals surface area contributed by atoms with Gasteiger partial charge in [0, 0.05) is 60.6 Å². The van der Waals surface area contributed by atoms with E-state index in [1.165, 1.54) is 0 Å². The van der Waals surface area contributed by atoms with E-state index in [1.54, 1.807) is 11.8 Å². The molecule has 2 aromatic carbocycles. The molecule has 3 heterocycles. The van der Waals surface area contributed by atoms with Crippen LogP contribution in [0.3, 0.4) is 0 Å². The molecule has 0 bridgehead atoms. The van der Waals surface area contributed by atoms with E-state index in [9.17, 15) is 4.79 Å². The van der Waals surface area contributed by atoms with Crippen LogP contribution in [0.15, 0.2) is 85.3 Å². The molecule has 0 unspecified atom stereocenters. The number of carbonyl (C=O) groups is 1. The van der Waals surface area contributed by atoms with Gasteiger partial charge in [0.05, 0.1) is 17.6 Å². The number of thioether (sulfide) groups is 1. The van der Waals surface area contributed by atoms with Gasteiger partial charge >= 0.3 is 0 Å². The number of halogens is 1. The van der Waals surface area contributed by atoms with Crippen molar-refractivity contribution in [3.05, 3.63) is 95.9 Å². The van der Waals surface area contributed by atoms with E-state index in [4.69, 9.17) is 11.6 Å². The molecule has 6 nitrogen and oxygen atoms in total. The molecular formula is C26H26ClN5OS. The fourth-order valence-electron chi connectivity index (χ4n) is 4.21. The van der Waals surface area contributed by atoms with Crippen molar-refractivity contribution >= 4 is 35.0 Å². The van der Waals surface area contributed by atoms with E-state index in [1.807, 2.05) is 88.8 Å². The molecule has 1 saturated heterocycles. The van der Waals surface area contributed by atoms with E-state index in [0.717, 1.165) is 54.0 Å². The Morgan fingerprint density at radius 1 is 0.912 bits per heavy atom. The normalized spacial score (nSPS) is 13.9. The van der Waals surface area contributed by atoms with Gasteiger partial charge in [0.2, 0.25) is 5.91 Å². The number of piperazine rings is 1. The third-order valence-corrected chi connectivity index (χ3v) is 7.16. The number of rotatable bonds is 7. The number of hydrogen-bond donors (Lipinski definition) is 0. The first-order valence-electron chi connectivity index (χ1n) is 11.3. The molecule has 1 amide bonds. The first-order valence-corrected chi connectivity index (χ1v) is 12.8. The monoisotopic (exact) mass is 491 g/mol. The van der Waals surface area contributed by atoms with Crippen molar-refractivity contribution < 1.29 is 4.79 Å². The Balaban J connectivity index is 1.19. The largest absolute Gasteiger partial charge is 0.368 e. The zero-order chi connectivity index (χ0) is 23.3. The molecule has 4 aromatic rings. The summed E-state index contributed by atoms with van der Waals surface area (Å²) in [5.41, 5.74) is 3.22. The van der Waals surface area contributed by atoms with Gasteiger partial charge in [-0.1, -0.05) is 35.9 Å². The van der Waals surface area contributed by atoms with E-state index in [2.05, 4.69) is 20.6 Å². The molecular weight excluding hydrogens is 466 g/mol. The second-order valence-corrected chi connectivity index (χ2v) is 9.59. The zero-order valence-corrected chi connectivity index (χ0v) is 20.3. The average Bonchev–Trinajstić information content (AvgIpc) is 3.55. The van der Waals surface area contributed by atoms with Crippen molar-refractivity contribution in [3.8, 4) is 11.5 Å². The van der Waals surface area contributed by atoms with Crippen LogP contribution in [-0.4, -0.2) is 57.1 Å². The second-order valence-electron chi connectivity index (χ2n) is 8.17. The highest BCUT2D eigenvalue weighted by Gasteiger charge is 2.22. The van der Waals surface area contributed by atoms with E-state index < -0.39 is 0 Å². The molecule has 1 aliphatic rings. The Labute approximate surface area is 208 Å². The Morgan fingerprint density at radius 3 is 2.38 bits per heavy atom. The quantitative estimate of drug-likeness (QED) is 0.369. The van der Waals surface area contributed by atoms with Gasteiger partial charge in [-0.25, -0.2) is 4.68 Å². The summed E-state index contributed by atoms with van der Waals surface area (Å²) >= 11 is 7.77. The Bertz CT molecular complexity index is 1230. The van der Waals surface area contributed by atoms with Gasteiger partial charge in [0.1, 0.15) is 5.82 Å². The van der Waals surface area contributed by atoms with Crippen LogP contribution in [-0.2, 0) is 10.5 Å². The number of benzene rings is 2. The lowest BCUT2D eigenvalue weighted by Gasteiger charge is -2.36. The maximum absolute atomic E-state index is 12.9. The molecule has 174 valence electrons. The van der Waals surface area contributed by atoms with E-state index in [0.29, 0.717) is 11.5 Å². The molecule has 5 rings (SSSR count). The maximum atomic E-state index is 12.9. The molecule has 2 aromatic heterocycles. The van der Waals surface area contributed by atoms with Crippen molar-refractivity contribution in [2.75, 3.05) is 36.8 Å². The molecule has 1 aliphatic heterocycles. The minimum absolute atomic E-state index is 0.189. The van der Waals surface area contributed by atoms with Crippen molar-refractivity contribution in [2.24, 2.45) is 0 Å². The van der Waals surface area contributed by atoms with Gasteiger partial charge in [-0.15, -0.1) is 11.8 Å². The van der Waals surface area contributed by atoms with Crippen LogP contribution in [0.2, 0.25) is 5.02 Å². The smallest absolute Gasteiger partial charge is 0.232 e. The number of carbonyl (C=O) groups excluding carboxylic acids is 1. The van der Waals surface area contributed by atoms with Crippen molar-refractivity contribution in [2.45, 2.75) is 5.75 Å². The predicted octanol–water partition coefficient (Wildman–Crippen LogP) is 4.90. The second kappa shape index (κ2) is 10.4. The lowest BCUT2D eigenvalue weighted by Crippen LogP contribution is -2.49. The lowest BCUT2D eigenvalue weighted by atomic mass is 10.2. The number of amides is 1. The van der Waals surface area contributed by atoms with Gasteiger partial charge in [-0.2, -0.15) is 5.10 Å². The predicted molar refractivity (Wildman–Crippen MR) is 139 cm³/mol. The average molecular weight is 492 g/mol. The minimum atomic E-state index is 0.189. The molecule has 0 N–H and O–H groups in total. The summed E-state index contributed by atoms with van der Waals surface area (Å²) < 4.78 is 4.03. The standard InChI is InChI=1S/C26H26ClN5OS/c27-22-7-6-10-24(17-22)29-13-15-30(16-14-29)25(33)20-34-19-21-18-28-32(23-8-2-1-3-9-23)26(21)31-11-4-5-12-31/h1-12,17-18H,13-16,19-20H2. The Kier molecular flexibility index (Phi) is 6.92. The van der Waals surface area contributed by atoms with Gasteiger partial charge < -0.3 is 14.4 Å². The number of anilines is 1. The number of aromatic nitrogens is 3. The van der Waals surface area contributed by atoms with Gasteiger partial charge in [0.25, 0.3) is 0 Å². The Hall–Kier alpha value is -3.16. The molecule has 0 aliphatic carbocycles. The summed E-state index contributed by atoms with van der Waals surface area (Å²) in [5, 5.41) is 5.38. The van der Waals surface area contributed by atoms with Gasteiger partial charge in [0.15, 0.2) is 0 Å². The van der Waals surface area contributed by atoms with Gasteiger partial charge in [-0.05, 0) is 42.5 Å². The fraction of sp³-hybridized carbons (Fsp3) is 0.231. The van der Waals surface area contributed by atoms with E-state index in [-0.39, 0.29) is 5.91 Å². The molecule has 0 atom stereocenters. The zero-order valence-electron chi connectivity index (χ0n) is 18.8. The highest BCUT2D eigenvalue weighted by atomic mass is 35.5. The van der Waals surface area contributed by atoms with Crippen LogP contribution in [0.1, 0.15) is 5.56 Å². The summed E-state index contributed by atoms with van der Waals surface area (Å²) in [6.07, 6.45) is 5.95. The summed E-state index contributed by atoms with van der Waals surface area (Å²) in [6, 6.07) is 22.0. The highest BCUT2D eigenvalue weighted by molar-refractivity contribution is 7.99. The van der Waals surface area contributed by atoms with Crippen LogP contribution in [0.25, 0.3) is 11.5 Å². The van der Waals surface area contributed by atoms with Crippen LogP contribution < -0.4 is 4.90 Å².